The smallest absolute Gasteiger partial charge is 0.240 e. The van der Waals surface area contributed by atoms with Crippen LogP contribution < -0.4 is 10.0 Å². The molecule has 0 saturated carbocycles. The average Bonchev–Trinajstić information content (AvgIpc) is 2.65. The van der Waals surface area contributed by atoms with Crippen LogP contribution in [0.4, 0.5) is 5.69 Å². The fourth-order valence-corrected chi connectivity index (χ4v) is 5.16. The maximum absolute atomic E-state index is 12.6. The molecule has 1 unspecified atom stereocenters. The number of piperidine rings is 1. The second-order valence-electron chi connectivity index (χ2n) is 6.89. The summed E-state index contributed by atoms with van der Waals surface area (Å²) >= 11 is 1.46. The van der Waals surface area contributed by atoms with Gasteiger partial charge in [-0.15, -0.1) is 11.8 Å². The van der Waals surface area contributed by atoms with Gasteiger partial charge in [-0.05, 0) is 63.2 Å². The number of amides is 1. The quantitative estimate of drug-likeness (QED) is 0.480. The molecule has 2 N–H and O–H groups in total. The summed E-state index contributed by atoms with van der Waals surface area (Å²) in [7, 11) is -3.59. The van der Waals surface area contributed by atoms with E-state index in [2.05, 4.69) is 21.9 Å². The molecule has 6 nitrogen and oxygen atoms in total. The number of sulfonamides is 1. The third-order valence-electron chi connectivity index (χ3n) is 4.93. The van der Waals surface area contributed by atoms with Crippen molar-refractivity contribution in [3.8, 4) is 0 Å². The van der Waals surface area contributed by atoms with Crippen LogP contribution in [0.15, 0.2) is 28.0 Å². The lowest BCUT2D eigenvalue weighted by molar-refractivity contribution is -0.114. The van der Waals surface area contributed by atoms with Crippen molar-refractivity contribution in [2.75, 3.05) is 31.2 Å². The highest BCUT2D eigenvalue weighted by Crippen LogP contribution is 2.28. The van der Waals surface area contributed by atoms with E-state index in [0.717, 1.165) is 30.8 Å². The van der Waals surface area contributed by atoms with E-state index in [4.69, 9.17) is 0 Å². The molecule has 0 aromatic heterocycles. The van der Waals surface area contributed by atoms with Crippen LogP contribution in [-0.2, 0) is 14.8 Å². The summed E-state index contributed by atoms with van der Waals surface area (Å²) in [4.78, 5) is 14.9. The Labute approximate surface area is 167 Å². The molecule has 1 heterocycles. The van der Waals surface area contributed by atoms with E-state index in [0.29, 0.717) is 18.3 Å². The van der Waals surface area contributed by atoms with Crippen molar-refractivity contribution < 1.29 is 13.2 Å². The Hall–Kier alpha value is -1.09. The van der Waals surface area contributed by atoms with Crippen molar-refractivity contribution >= 4 is 33.4 Å². The number of benzene rings is 1. The molecule has 1 aromatic carbocycles. The van der Waals surface area contributed by atoms with Crippen LogP contribution in [-0.4, -0.2) is 51.2 Å². The van der Waals surface area contributed by atoms with E-state index >= 15 is 0 Å². The van der Waals surface area contributed by atoms with E-state index in [1.165, 1.54) is 44.0 Å². The number of hydrogen-bond donors (Lipinski definition) is 2. The fraction of sp³-hybridized carbons (Fsp3) is 0.632. The molecule has 1 atom stereocenters. The van der Waals surface area contributed by atoms with Gasteiger partial charge < -0.3 is 10.2 Å². The minimum absolute atomic E-state index is 0.174. The molecule has 8 heteroatoms. The van der Waals surface area contributed by atoms with Gasteiger partial charge in [-0.2, -0.15) is 0 Å². The van der Waals surface area contributed by atoms with Gasteiger partial charge in [-0.25, -0.2) is 13.1 Å². The molecular weight excluding hydrogens is 382 g/mol. The third kappa shape index (κ3) is 6.48. The Balaban J connectivity index is 1.94. The largest absolute Gasteiger partial charge is 0.325 e. The minimum atomic E-state index is -3.59. The zero-order chi connectivity index (χ0) is 19.9. The third-order valence-corrected chi connectivity index (χ3v) is 7.18. The first-order valence-corrected chi connectivity index (χ1v) is 12.3. The number of anilines is 1. The Morgan fingerprint density at radius 3 is 2.78 bits per heavy atom. The normalized spacial score (nSPS) is 18.4. The van der Waals surface area contributed by atoms with Crippen molar-refractivity contribution in [3.63, 3.8) is 0 Å². The van der Waals surface area contributed by atoms with E-state index in [1.54, 1.807) is 12.1 Å². The standard InChI is InChI=1S/C19H31N3O3S2/c1-4-16-8-5-6-12-22(16)13-7-11-20-27(24,25)17-9-10-19(26-3)18(14-17)21-15(2)23/h9-10,14,16,20H,4-8,11-13H2,1-3H3,(H,21,23). The van der Waals surface area contributed by atoms with Gasteiger partial charge in [0.05, 0.1) is 10.6 Å². The number of nitrogens with one attached hydrogen (secondary N) is 2. The van der Waals surface area contributed by atoms with Gasteiger partial charge in [0.25, 0.3) is 0 Å². The number of carbonyl (C=O) groups excluding carboxylic acids is 1. The number of likely N-dealkylation sites (tertiary alicyclic amines) is 1. The molecule has 1 aromatic rings. The number of hydrogen-bond acceptors (Lipinski definition) is 5. The van der Waals surface area contributed by atoms with Gasteiger partial charge in [-0.1, -0.05) is 13.3 Å². The second-order valence-corrected chi connectivity index (χ2v) is 9.50. The van der Waals surface area contributed by atoms with Gasteiger partial charge >= 0.3 is 0 Å². The molecule has 152 valence electrons. The van der Waals surface area contributed by atoms with Crippen molar-refractivity contribution in [1.29, 1.82) is 0 Å². The molecule has 0 bridgehead atoms. The zero-order valence-corrected chi connectivity index (χ0v) is 18.1. The molecule has 0 spiro atoms. The summed E-state index contributed by atoms with van der Waals surface area (Å²) in [6, 6.07) is 5.46. The van der Waals surface area contributed by atoms with Crippen LogP contribution in [0.5, 0.6) is 0 Å². The lowest BCUT2D eigenvalue weighted by Crippen LogP contribution is -2.40. The zero-order valence-electron chi connectivity index (χ0n) is 16.5. The molecule has 0 radical (unpaired) electrons. The van der Waals surface area contributed by atoms with Crippen LogP contribution in [0, 0.1) is 0 Å². The van der Waals surface area contributed by atoms with Crippen molar-refractivity contribution in [1.82, 2.24) is 9.62 Å². The first-order chi connectivity index (χ1) is 12.9. The highest BCUT2D eigenvalue weighted by molar-refractivity contribution is 7.98. The Bertz CT molecular complexity index is 738. The molecule has 1 aliphatic rings. The molecule has 2 rings (SSSR count). The van der Waals surface area contributed by atoms with Crippen molar-refractivity contribution in [2.24, 2.45) is 0 Å². The summed E-state index contributed by atoms with van der Waals surface area (Å²) in [5.41, 5.74) is 0.525. The number of thioether (sulfide) groups is 1. The summed E-state index contributed by atoms with van der Waals surface area (Å²) in [6.07, 6.45) is 7.60. The van der Waals surface area contributed by atoms with Gasteiger partial charge in [0.15, 0.2) is 0 Å². The number of carbonyl (C=O) groups is 1. The summed E-state index contributed by atoms with van der Waals surface area (Å²) in [5.74, 6) is -0.222. The fourth-order valence-electron chi connectivity index (χ4n) is 3.53. The molecule has 27 heavy (non-hydrogen) atoms. The first-order valence-electron chi connectivity index (χ1n) is 9.56. The van der Waals surface area contributed by atoms with Gasteiger partial charge in [-0.3, -0.25) is 4.79 Å². The molecule has 1 saturated heterocycles. The molecule has 0 aliphatic carbocycles. The van der Waals surface area contributed by atoms with E-state index in [-0.39, 0.29) is 10.8 Å². The van der Waals surface area contributed by atoms with E-state index in [9.17, 15) is 13.2 Å². The second kappa shape index (κ2) is 10.5. The lowest BCUT2D eigenvalue weighted by atomic mass is 10.00. The molecule has 1 amide bonds. The highest BCUT2D eigenvalue weighted by Gasteiger charge is 2.21. The van der Waals surface area contributed by atoms with Gasteiger partial charge in [0.2, 0.25) is 15.9 Å². The van der Waals surface area contributed by atoms with Crippen LogP contribution in [0.3, 0.4) is 0 Å². The Kier molecular flexibility index (Phi) is 8.60. The minimum Gasteiger partial charge on any atom is -0.325 e. The summed E-state index contributed by atoms with van der Waals surface area (Å²) < 4.78 is 27.9. The Morgan fingerprint density at radius 1 is 1.33 bits per heavy atom. The maximum Gasteiger partial charge on any atom is 0.240 e. The lowest BCUT2D eigenvalue weighted by Gasteiger charge is -2.35. The van der Waals surface area contributed by atoms with Crippen LogP contribution in [0.25, 0.3) is 0 Å². The molecule has 1 aliphatic heterocycles. The molecular formula is C19H31N3O3S2. The topological polar surface area (TPSA) is 78.5 Å². The predicted octanol–water partition coefficient (Wildman–Crippen LogP) is 3.30. The average molecular weight is 414 g/mol. The van der Waals surface area contributed by atoms with Gasteiger partial charge in [0, 0.05) is 24.4 Å². The summed E-state index contributed by atoms with van der Waals surface area (Å²) in [6.45, 7) is 6.07. The number of rotatable bonds is 9. The van der Waals surface area contributed by atoms with E-state index < -0.39 is 10.0 Å². The maximum atomic E-state index is 12.6. The first kappa shape index (κ1) is 22.2. The van der Waals surface area contributed by atoms with Crippen LogP contribution in [0.1, 0.15) is 46.0 Å². The monoisotopic (exact) mass is 413 g/mol. The van der Waals surface area contributed by atoms with Crippen LogP contribution in [0.2, 0.25) is 0 Å². The van der Waals surface area contributed by atoms with E-state index in [1.807, 2.05) is 6.26 Å². The van der Waals surface area contributed by atoms with Crippen molar-refractivity contribution in [2.45, 2.75) is 61.8 Å². The van der Waals surface area contributed by atoms with Crippen molar-refractivity contribution in [3.05, 3.63) is 18.2 Å². The number of nitrogens with zero attached hydrogens (tertiary/aromatic N) is 1. The van der Waals surface area contributed by atoms with Crippen LogP contribution >= 0.6 is 11.8 Å². The Morgan fingerprint density at radius 2 is 2.11 bits per heavy atom. The summed E-state index contributed by atoms with van der Waals surface area (Å²) in [5, 5.41) is 2.70. The van der Waals surface area contributed by atoms with Gasteiger partial charge in [0.1, 0.15) is 0 Å². The highest BCUT2D eigenvalue weighted by atomic mass is 32.2. The SMILES string of the molecule is CCC1CCCCN1CCCNS(=O)(=O)c1ccc(SC)c(NC(C)=O)c1. The molecule has 1 fully saturated rings. The predicted molar refractivity (Wildman–Crippen MR) is 112 cm³/mol.